The van der Waals surface area contributed by atoms with Gasteiger partial charge in [-0.25, -0.2) is 4.79 Å². The second kappa shape index (κ2) is 4.78. The van der Waals surface area contributed by atoms with E-state index >= 15 is 0 Å². The van der Waals surface area contributed by atoms with E-state index < -0.39 is 11.9 Å². The van der Waals surface area contributed by atoms with Gasteiger partial charge >= 0.3 is 12.0 Å². The van der Waals surface area contributed by atoms with E-state index in [0.29, 0.717) is 19.5 Å². The first-order valence-electron chi connectivity index (χ1n) is 6.68. The Morgan fingerprint density at radius 3 is 2.56 bits per heavy atom. The number of aliphatic carboxylic acids is 1. The molecule has 2 atom stereocenters. The standard InChI is InChI=1S/C13H22N2O3/c1-13(2)6-3-4-10(13)14-12(18)15-7-5-9(8-15)11(16)17/h9-10H,3-8H2,1-2H3,(H,14,18)(H,16,17). The number of amides is 2. The second-order valence-corrected chi connectivity index (χ2v) is 6.15. The number of carbonyl (C=O) groups excluding carboxylic acids is 1. The van der Waals surface area contributed by atoms with Crippen LogP contribution in [0.15, 0.2) is 0 Å². The number of nitrogens with zero attached hydrogens (tertiary/aromatic N) is 1. The highest BCUT2D eigenvalue weighted by molar-refractivity contribution is 5.77. The molecule has 2 rings (SSSR count). The third-order valence-electron chi connectivity index (χ3n) is 4.38. The van der Waals surface area contributed by atoms with Gasteiger partial charge in [0.25, 0.3) is 0 Å². The first-order valence-corrected chi connectivity index (χ1v) is 6.68. The number of hydrogen-bond donors (Lipinski definition) is 2. The van der Waals surface area contributed by atoms with Crippen LogP contribution >= 0.6 is 0 Å². The van der Waals surface area contributed by atoms with Crippen LogP contribution < -0.4 is 5.32 Å². The summed E-state index contributed by atoms with van der Waals surface area (Å²) < 4.78 is 0. The lowest BCUT2D eigenvalue weighted by Gasteiger charge is -2.29. The minimum atomic E-state index is -0.800. The average Bonchev–Trinajstić information content (AvgIpc) is 2.86. The molecule has 1 saturated heterocycles. The molecule has 5 heteroatoms. The molecule has 18 heavy (non-hydrogen) atoms. The molecular formula is C13H22N2O3. The van der Waals surface area contributed by atoms with E-state index in [1.54, 1.807) is 4.90 Å². The lowest BCUT2D eigenvalue weighted by molar-refractivity contribution is -0.141. The van der Waals surface area contributed by atoms with Crippen LogP contribution in [0.1, 0.15) is 39.5 Å². The molecule has 2 N–H and O–H groups in total. The fourth-order valence-corrected chi connectivity index (χ4v) is 2.98. The van der Waals surface area contributed by atoms with Crippen molar-refractivity contribution in [1.82, 2.24) is 10.2 Å². The number of carboxylic acid groups (broad SMARTS) is 1. The maximum Gasteiger partial charge on any atom is 0.317 e. The predicted molar refractivity (Wildman–Crippen MR) is 67.3 cm³/mol. The Kier molecular flexibility index (Phi) is 3.50. The second-order valence-electron chi connectivity index (χ2n) is 6.15. The maximum absolute atomic E-state index is 12.1. The number of likely N-dealkylation sites (tertiary alicyclic amines) is 1. The third kappa shape index (κ3) is 2.60. The van der Waals surface area contributed by atoms with Gasteiger partial charge in [0.1, 0.15) is 0 Å². The zero-order valence-corrected chi connectivity index (χ0v) is 11.1. The zero-order valence-electron chi connectivity index (χ0n) is 11.1. The maximum atomic E-state index is 12.1. The van der Waals surface area contributed by atoms with Crippen molar-refractivity contribution in [3.63, 3.8) is 0 Å². The quantitative estimate of drug-likeness (QED) is 0.787. The Morgan fingerprint density at radius 1 is 1.33 bits per heavy atom. The van der Waals surface area contributed by atoms with Crippen LogP contribution in [0.4, 0.5) is 4.79 Å². The Hall–Kier alpha value is -1.26. The molecule has 1 saturated carbocycles. The molecule has 0 aromatic carbocycles. The Morgan fingerprint density at radius 2 is 2.06 bits per heavy atom. The van der Waals surface area contributed by atoms with E-state index in [1.165, 1.54) is 0 Å². The van der Waals surface area contributed by atoms with Gasteiger partial charge in [0, 0.05) is 19.1 Å². The minimum Gasteiger partial charge on any atom is -0.481 e. The van der Waals surface area contributed by atoms with Crippen molar-refractivity contribution in [1.29, 1.82) is 0 Å². The number of hydrogen-bond acceptors (Lipinski definition) is 2. The number of carboxylic acids is 1. The molecule has 102 valence electrons. The molecule has 5 nitrogen and oxygen atoms in total. The molecule has 2 fully saturated rings. The molecule has 2 aliphatic rings. The van der Waals surface area contributed by atoms with Gasteiger partial charge in [-0.2, -0.15) is 0 Å². The zero-order chi connectivity index (χ0) is 13.3. The molecule has 1 heterocycles. The lowest BCUT2D eigenvalue weighted by Crippen LogP contribution is -2.47. The van der Waals surface area contributed by atoms with Crippen molar-refractivity contribution in [3.8, 4) is 0 Å². The van der Waals surface area contributed by atoms with Crippen LogP contribution in [-0.2, 0) is 4.79 Å². The van der Waals surface area contributed by atoms with Gasteiger partial charge in [-0.15, -0.1) is 0 Å². The monoisotopic (exact) mass is 254 g/mol. The van der Waals surface area contributed by atoms with Crippen molar-refractivity contribution in [2.45, 2.75) is 45.6 Å². The number of nitrogens with one attached hydrogen (secondary N) is 1. The summed E-state index contributed by atoms with van der Waals surface area (Å²) >= 11 is 0. The van der Waals surface area contributed by atoms with Gasteiger partial charge in [-0.3, -0.25) is 4.79 Å². The molecule has 2 unspecified atom stereocenters. The largest absolute Gasteiger partial charge is 0.481 e. The first kappa shape index (κ1) is 13.2. The van der Waals surface area contributed by atoms with Crippen LogP contribution in [0.3, 0.4) is 0 Å². The van der Waals surface area contributed by atoms with Crippen LogP contribution in [0.25, 0.3) is 0 Å². The molecule has 0 spiro atoms. The highest BCUT2D eigenvalue weighted by Gasteiger charge is 2.37. The predicted octanol–water partition coefficient (Wildman–Crippen LogP) is 1.68. The highest BCUT2D eigenvalue weighted by Crippen LogP contribution is 2.37. The fourth-order valence-electron chi connectivity index (χ4n) is 2.98. The topological polar surface area (TPSA) is 69.6 Å². The number of rotatable bonds is 2. The minimum absolute atomic E-state index is 0.0984. The summed E-state index contributed by atoms with van der Waals surface area (Å²) in [5.41, 5.74) is 0.154. The van der Waals surface area contributed by atoms with Crippen LogP contribution in [-0.4, -0.2) is 41.1 Å². The van der Waals surface area contributed by atoms with Crippen LogP contribution in [0.2, 0.25) is 0 Å². The molecule has 0 aromatic rings. The van der Waals surface area contributed by atoms with Crippen LogP contribution in [0.5, 0.6) is 0 Å². The van der Waals surface area contributed by atoms with Gasteiger partial charge in [-0.05, 0) is 24.7 Å². The van der Waals surface area contributed by atoms with Gasteiger partial charge in [0.2, 0.25) is 0 Å². The fraction of sp³-hybridized carbons (Fsp3) is 0.846. The van der Waals surface area contributed by atoms with Gasteiger partial charge in [-0.1, -0.05) is 20.3 Å². The summed E-state index contributed by atoms with van der Waals surface area (Å²) in [4.78, 5) is 24.6. The summed E-state index contributed by atoms with van der Waals surface area (Å²) in [5, 5.41) is 12.0. The molecular weight excluding hydrogens is 232 g/mol. The molecule has 1 aliphatic carbocycles. The van der Waals surface area contributed by atoms with Crippen molar-refractivity contribution in [2.75, 3.05) is 13.1 Å². The molecule has 0 aromatic heterocycles. The normalized spacial score (nSPS) is 30.4. The summed E-state index contributed by atoms with van der Waals surface area (Å²) in [6, 6.07) is 0.118. The van der Waals surface area contributed by atoms with E-state index in [4.69, 9.17) is 5.11 Å². The van der Waals surface area contributed by atoms with Crippen molar-refractivity contribution in [2.24, 2.45) is 11.3 Å². The smallest absolute Gasteiger partial charge is 0.317 e. The molecule has 1 aliphatic heterocycles. The Bertz CT molecular complexity index is 354. The van der Waals surface area contributed by atoms with E-state index in [9.17, 15) is 9.59 Å². The van der Waals surface area contributed by atoms with Crippen molar-refractivity contribution < 1.29 is 14.7 Å². The van der Waals surface area contributed by atoms with E-state index in [0.717, 1.165) is 19.3 Å². The highest BCUT2D eigenvalue weighted by atomic mass is 16.4. The summed E-state index contributed by atoms with van der Waals surface area (Å²) in [6.45, 7) is 5.24. The molecule has 2 amide bonds. The lowest BCUT2D eigenvalue weighted by atomic mass is 9.87. The van der Waals surface area contributed by atoms with Gasteiger partial charge in [0.05, 0.1) is 5.92 Å². The average molecular weight is 254 g/mol. The number of urea groups is 1. The van der Waals surface area contributed by atoms with Crippen LogP contribution in [0, 0.1) is 11.3 Å². The van der Waals surface area contributed by atoms with E-state index in [2.05, 4.69) is 19.2 Å². The summed E-state index contributed by atoms with van der Waals surface area (Å²) in [7, 11) is 0. The number of carbonyl (C=O) groups is 2. The Labute approximate surface area is 108 Å². The first-order chi connectivity index (χ1) is 8.40. The Balaban J connectivity index is 1.88. The van der Waals surface area contributed by atoms with Gasteiger partial charge in [0.15, 0.2) is 0 Å². The molecule has 0 bridgehead atoms. The third-order valence-corrected chi connectivity index (χ3v) is 4.38. The van der Waals surface area contributed by atoms with E-state index in [1.807, 2.05) is 0 Å². The summed E-state index contributed by atoms with van der Waals surface area (Å²) in [6.07, 6.45) is 3.87. The molecule has 0 radical (unpaired) electrons. The summed E-state index contributed by atoms with van der Waals surface area (Å²) in [5.74, 6) is -1.20. The van der Waals surface area contributed by atoms with Crippen molar-refractivity contribution >= 4 is 12.0 Å². The van der Waals surface area contributed by atoms with E-state index in [-0.39, 0.29) is 17.5 Å². The van der Waals surface area contributed by atoms with Gasteiger partial charge < -0.3 is 15.3 Å². The SMILES string of the molecule is CC1(C)CCCC1NC(=O)N1CCC(C(=O)O)C1. The van der Waals surface area contributed by atoms with Crippen molar-refractivity contribution in [3.05, 3.63) is 0 Å².